The van der Waals surface area contributed by atoms with E-state index in [1.165, 1.54) is 5.56 Å². The quantitative estimate of drug-likeness (QED) is 0.765. The number of para-hydroxylation sites is 1. The molecular formula is C13H18O2. The largest absolute Gasteiger partial charge is 0.487 e. The van der Waals surface area contributed by atoms with Crippen molar-refractivity contribution in [2.24, 2.45) is 0 Å². The molecule has 0 bridgehead atoms. The van der Waals surface area contributed by atoms with Gasteiger partial charge in [0.2, 0.25) is 0 Å². The normalized spacial score (nSPS) is 18.5. The molecule has 0 aliphatic carbocycles. The number of fused-ring (bicyclic) bond motifs is 1. The van der Waals surface area contributed by atoms with Crippen LogP contribution in [-0.4, -0.2) is 10.7 Å². The molecule has 0 aromatic heterocycles. The minimum absolute atomic E-state index is 0.149. The highest BCUT2D eigenvalue weighted by atomic mass is 16.5. The van der Waals surface area contributed by atoms with E-state index in [0.717, 1.165) is 17.7 Å². The molecule has 1 aromatic rings. The van der Waals surface area contributed by atoms with Crippen molar-refractivity contribution in [1.82, 2.24) is 0 Å². The minimum Gasteiger partial charge on any atom is -0.487 e. The summed E-state index contributed by atoms with van der Waals surface area (Å²) in [7, 11) is 0. The fourth-order valence-corrected chi connectivity index (χ4v) is 2.10. The topological polar surface area (TPSA) is 29.5 Å². The molecule has 1 heterocycles. The van der Waals surface area contributed by atoms with Gasteiger partial charge in [-0.2, -0.15) is 0 Å². The van der Waals surface area contributed by atoms with Crippen molar-refractivity contribution in [1.29, 1.82) is 0 Å². The predicted octanol–water partition coefficient (Wildman–Crippen LogP) is 2.63. The molecule has 2 heteroatoms. The first kappa shape index (κ1) is 10.5. The van der Waals surface area contributed by atoms with E-state index in [-0.39, 0.29) is 5.60 Å². The highest BCUT2D eigenvalue weighted by Gasteiger charge is 2.34. The Morgan fingerprint density at radius 1 is 1.33 bits per heavy atom. The van der Waals surface area contributed by atoms with Crippen LogP contribution in [-0.2, 0) is 12.0 Å². The molecule has 0 radical (unpaired) electrons. The van der Waals surface area contributed by atoms with Crippen LogP contribution in [0.15, 0.2) is 18.2 Å². The smallest absolute Gasteiger partial charge is 0.129 e. The van der Waals surface area contributed by atoms with Gasteiger partial charge in [-0.15, -0.1) is 0 Å². The summed E-state index contributed by atoms with van der Waals surface area (Å²) in [6.45, 7) is 7.72. The Labute approximate surface area is 90.9 Å². The van der Waals surface area contributed by atoms with Crippen molar-refractivity contribution in [3.05, 3.63) is 29.3 Å². The number of hydrogen-bond acceptors (Lipinski definition) is 2. The van der Waals surface area contributed by atoms with Gasteiger partial charge in [0, 0.05) is 12.0 Å². The average Bonchev–Trinajstić information content (AvgIpc) is 2.35. The lowest BCUT2D eigenvalue weighted by Crippen LogP contribution is -2.25. The van der Waals surface area contributed by atoms with E-state index in [2.05, 4.69) is 19.9 Å². The first-order valence-corrected chi connectivity index (χ1v) is 5.33. The van der Waals surface area contributed by atoms with Gasteiger partial charge in [0.15, 0.2) is 0 Å². The molecule has 15 heavy (non-hydrogen) atoms. The van der Waals surface area contributed by atoms with Crippen LogP contribution in [0.3, 0.4) is 0 Å². The summed E-state index contributed by atoms with van der Waals surface area (Å²) in [6.07, 6.45) is 0.909. The molecule has 82 valence electrons. The Kier molecular flexibility index (Phi) is 2.09. The predicted molar refractivity (Wildman–Crippen MR) is 60.1 cm³/mol. The maximum atomic E-state index is 10.0. The second kappa shape index (κ2) is 2.99. The summed E-state index contributed by atoms with van der Waals surface area (Å²) in [5.41, 5.74) is 1.08. The molecule has 1 aliphatic rings. The molecular weight excluding hydrogens is 188 g/mol. The van der Waals surface area contributed by atoms with Crippen molar-refractivity contribution in [3.8, 4) is 5.75 Å². The second-order valence-corrected chi connectivity index (χ2v) is 5.39. The molecule has 0 saturated heterocycles. The zero-order valence-electron chi connectivity index (χ0n) is 9.79. The Hall–Kier alpha value is -1.02. The maximum Gasteiger partial charge on any atom is 0.129 e. The maximum absolute atomic E-state index is 10.0. The summed E-state index contributed by atoms with van der Waals surface area (Å²) in [4.78, 5) is 0. The minimum atomic E-state index is -0.842. The summed E-state index contributed by atoms with van der Waals surface area (Å²) in [6, 6.07) is 5.98. The van der Waals surface area contributed by atoms with Crippen molar-refractivity contribution in [2.75, 3.05) is 0 Å². The average molecular weight is 206 g/mol. The third-order valence-electron chi connectivity index (χ3n) is 2.75. The standard InChI is InChI=1S/C13H18O2/c1-12(2)8-9-6-5-7-10(11(9)15-12)13(3,4)14/h5-7,14H,8H2,1-4H3. The molecule has 0 atom stereocenters. The Bertz CT molecular complexity index is 386. The molecule has 0 unspecified atom stereocenters. The molecule has 1 aromatic carbocycles. The van der Waals surface area contributed by atoms with E-state index in [1.807, 2.05) is 12.1 Å². The zero-order valence-corrected chi connectivity index (χ0v) is 9.79. The molecule has 2 nitrogen and oxygen atoms in total. The molecule has 0 fully saturated rings. The van der Waals surface area contributed by atoms with Gasteiger partial charge >= 0.3 is 0 Å². The van der Waals surface area contributed by atoms with Crippen molar-refractivity contribution < 1.29 is 9.84 Å². The van der Waals surface area contributed by atoms with Crippen molar-refractivity contribution >= 4 is 0 Å². The second-order valence-electron chi connectivity index (χ2n) is 5.39. The van der Waals surface area contributed by atoms with Crippen LogP contribution < -0.4 is 4.74 Å². The van der Waals surface area contributed by atoms with Crippen LogP contribution in [0, 0.1) is 0 Å². The number of benzene rings is 1. The van der Waals surface area contributed by atoms with Crippen LogP contribution in [0.1, 0.15) is 38.8 Å². The molecule has 0 spiro atoms. The number of hydrogen-bond donors (Lipinski definition) is 1. The lowest BCUT2D eigenvalue weighted by Gasteiger charge is -2.23. The first-order valence-electron chi connectivity index (χ1n) is 5.33. The summed E-state index contributed by atoms with van der Waals surface area (Å²) in [5.74, 6) is 0.870. The molecule has 0 amide bonds. The fourth-order valence-electron chi connectivity index (χ4n) is 2.10. The van der Waals surface area contributed by atoms with E-state index in [0.29, 0.717) is 0 Å². The van der Waals surface area contributed by atoms with Crippen LogP contribution in [0.2, 0.25) is 0 Å². The lowest BCUT2D eigenvalue weighted by molar-refractivity contribution is 0.0689. The van der Waals surface area contributed by atoms with Crippen LogP contribution >= 0.6 is 0 Å². The van der Waals surface area contributed by atoms with E-state index >= 15 is 0 Å². The number of ether oxygens (including phenoxy) is 1. The van der Waals surface area contributed by atoms with Crippen molar-refractivity contribution in [3.63, 3.8) is 0 Å². The van der Waals surface area contributed by atoms with Crippen LogP contribution in [0.4, 0.5) is 0 Å². The van der Waals surface area contributed by atoms with E-state index in [1.54, 1.807) is 13.8 Å². The third kappa shape index (κ3) is 1.86. The highest BCUT2D eigenvalue weighted by Crippen LogP contribution is 2.41. The first-order chi connectivity index (χ1) is 6.80. The molecule has 2 rings (SSSR count). The SMILES string of the molecule is CC1(C)Cc2cccc(C(C)(C)O)c2O1. The van der Waals surface area contributed by atoms with E-state index in [4.69, 9.17) is 4.74 Å². The number of aliphatic hydroxyl groups is 1. The third-order valence-corrected chi connectivity index (χ3v) is 2.75. The fraction of sp³-hybridized carbons (Fsp3) is 0.538. The highest BCUT2D eigenvalue weighted by molar-refractivity contribution is 5.47. The molecule has 1 N–H and O–H groups in total. The van der Waals surface area contributed by atoms with Gasteiger partial charge in [-0.3, -0.25) is 0 Å². The zero-order chi connectivity index (χ0) is 11.3. The molecule has 0 saturated carbocycles. The Morgan fingerprint density at radius 2 is 2.00 bits per heavy atom. The molecule has 1 aliphatic heterocycles. The van der Waals surface area contributed by atoms with Crippen LogP contribution in [0.5, 0.6) is 5.75 Å². The summed E-state index contributed by atoms with van der Waals surface area (Å²) in [5, 5.41) is 10.0. The Balaban J connectivity index is 2.51. The van der Waals surface area contributed by atoms with E-state index < -0.39 is 5.60 Å². The summed E-state index contributed by atoms with van der Waals surface area (Å²) >= 11 is 0. The lowest BCUT2D eigenvalue weighted by atomic mass is 9.94. The van der Waals surface area contributed by atoms with Gasteiger partial charge < -0.3 is 9.84 Å². The van der Waals surface area contributed by atoms with Gasteiger partial charge in [-0.05, 0) is 33.3 Å². The van der Waals surface area contributed by atoms with Gasteiger partial charge in [0.25, 0.3) is 0 Å². The Morgan fingerprint density at radius 3 is 2.60 bits per heavy atom. The van der Waals surface area contributed by atoms with Crippen molar-refractivity contribution in [2.45, 2.75) is 45.3 Å². The van der Waals surface area contributed by atoms with Gasteiger partial charge in [0.1, 0.15) is 11.4 Å². The van der Waals surface area contributed by atoms with Gasteiger partial charge in [-0.25, -0.2) is 0 Å². The number of rotatable bonds is 1. The monoisotopic (exact) mass is 206 g/mol. The van der Waals surface area contributed by atoms with Gasteiger partial charge in [0.05, 0.1) is 5.60 Å². The van der Waals surface area contributed by atoms with Crippen LogP contribution in [0.25, 0.3) is 0 Å². The van der Waals surface area contributed by atoms with E-state index in [9.17, 15) is 5.11 Å². The van der Waals surface area contributed by atoms with Gasteiger partial charge in [-0.1, -0.05) is 18.2 Å². The summed E-state index contributed by atoms with van der Waals surface area (Å²) < 4.78 is 5.89.